The van der Waals surface area contributed by atoms with E-state index in [1.807, 2.05) is 34.6 Å². The van der Waals surface area contributed by atoms with E-state index in [4.69, 9.17) is 9.47 Å². The van der Waals surface area contributed by atoms with Gasteiger partial charge in [0.15, 0.2) is 0 Å². The average molecular weight is 285 g/mol. The molecule has 0 aromatic heterocycles. The minimum absolute atomic E-state index is 0.0873. The molecule has 0 aromatic carbocycles. The summed E-state index contributed by atoms with van der Waals surface area (Å²) < 4.78 is 11.3. The van der Waals surface area contributed by atoms with E-state index in [1.165, 1.54) is 0 Å². The molecule has 0 spiro atoms. The second-order valence-electron chi connectivity index (χ2n) is 7.36. The third-order valence-corrected chi connectivity index (χ3v) is 4.04. The summed E-state index contributed by atoms with van der Waals surface area (Å²) in [6.07, 6.45) is 1.90. The van der Waals surface area contributed by atoms with E-state index in [1.54, 1.807) is 4.90 Å². The lowest BCUT2D eigenvalue weighted by Crippen LogP contribution is -2.52. The van der Waals surface area contributed by atoms with Gasteiger partial charge in [0.25, 0.3) is 0 Å². The number of rotatable bonds is 3. The second kappa shape index (κ2) is 5.19. The van der Waals surface area contributed by atoms with Crippen LogP contribution in [0.1, 0.15) is 47.5 Å². The summed E-state index contributed by atoms with van der Waals surface area (Å²) in [5, 5.41) is 9.66. The number of aliphatic hydroxyl groups is 1. The Balaban J connectivity index is 2.17. The molecule has 0 bridgehead atoms. The van der Waals surface area contributed by atoms with Crippen molar-refractivity contribution >= 4 is 6.09 Å². The van der Waals surface area contributed by atoms with Crippen LogP contribution in [-0.2, 0) is 9.47 Å². The van der Waals surface area contributed by atoms with Gasteiger partial charge in [0, 0.05) is 12.5 Å². The Morgan fingerprint density at radius 1 is 1.45 bits per heavy atom. The summed E-state index contributed by atoms with van der Waals surface area (Å²) in [7, 11) is 0. The van der Waals surface area contributed by atoms with Gasteiger partial charge >= 0.3 is 6.09 Å². The fourth-order valence-corrected chi connectivity index (χ4v) is 2.92. The molecule has 1 saturated heterocycles. The smallest absolute Gasteiger partial charge is 0.412 e. The summed E-state index contributed by atoms with van der Waals surface area (Å²) >= 11 is 0. The molecule has 2 aliphatic rings. The van der Waals surface area contributed by atoms with Crippen molar-refractivity contribution in [2.75, 3.05) is 13.2 Å². The van der Waals surface area contributed by atoms with Crippen LogP contribution in [0.3, 0.4) is 0 Å². The van der Waals surface area contributed by atoms with Gasteiger partial charge in [-0.25, -0.2) is 4.79 Å². The van der Waals surface area contributed by atoms with Crippen molar-refractivity contribution in [3.05, 3.63) is 0 Å². The molecule has 2 fully saturated rings. The van der Waals surface area contributed by atoms with Gasteiger partial charge in [-0.3, -0.25) is 4.90 Å². The maximum Gasteiger partial charge on any atom is 0.412 e. The molecule has 5 nitrogen and oxygen atoms in total. The minimum Gasteiger partial charge on any atom is -0.444 e. The van der Waals surface area contributed by atoms with Crippen molar-refractivity contribution in [1.82, 2.24) is 4.90 Å². The minimum atomic E-state index is -0.685. The van der Waals surface area contributed by atoms with Gasteiger partial charge in [0.05, 0.1) is 12.6 Å². The summed E-state index contributed by atoms with van der Waals surface area (Å²) in [6.45, 7) is 9.87. The fourth-order valence-electron chi connectivity index (χ4n) is 2.92. The molecule has 1 heterocycles. The summed E-state index contributed by atoms with van der Waals surface area (Å²) in [6, 6.07) is -0.0997. The topological polar surface area (TPSA) is 59.0 Å². The normalized spacial score (nSPS) is 27.5. The van der Waals surface area contributed by atoms with Crippen molar-refractivity contribution in [3.8, 4) is 0 Å². The van der Waals surface area contributed by atoms with Gasteiger partial charge in [-0.1, -0.05) is 0 Å². The van der Waals surface area contributed by atoms with Gasteiger partial charge in [-0.05, 0) is 53.4 Å². The van der Waals surface area contributed by atoms with Gasteiger partial charge in [0.1, 0.15) is 11.3 Å². The molecule has 2 atom stereocenters. The Hall–Kier alpha value is -0.810. The third-order valence-electron chi connectivity index (χ3n) is 4.04. The first kappa shape index (κ1) is 15.6. The average Bonchev–Trinajstić information content (AvgIpc) is 3.03. The molecule has 1 amide bonds. The van der Waals surface area contributed by atoms with E-state index < -0.39 is 11.3 Å². The lowest BCUT2D eigenvalue weighted by Gasteiger charge is -2.37. The zero-order valence-corrected chi connectivity index (χ0v) is 13.2. The van der Waals surface area contributed by atoms with Gasteiger partial charge in [-0.2, -0.15) is 0 Å². The highest BCUT2D eigenvalue weighted by atomic mass is 16.6. The van der Waals surface area contributed by atoms with Crippen LogP contribution >= 0.6 is 0 Å². The predicted octanol–water partition coefficient (Wildman–Crippen LogP) is 2.38. The lowest BCUT2D eigenvalue weighted by molar-refractivity contribution is -0.0657. The first-order valence-corrected chi connectivity index (χ1v) is 7.43. The molecule has 1 N–H and O–H groups in total. The van der Waals surface area contributed by atoms with E-state index in [0.29, 0.717) is 12.5 Å². The molecule has 1 aliphatic heterocycles. The summed E-state index contributed by atoms with van der Waals surface area (Å²) in [5.74, 6) is 0.594. The van der Waals surface area contributed by atoms with Gasteiger partial charge < -0.3 is 14.6 Å². The lowest BCUT2D eigenvalue weighted by atomic mass is 9.94. The molecule has 2 rings (SSSR count). The Kier molecular flexibility index (Phi) is 4.04. The maximum absolute atomic E-state index is 12.5. The second-order valence-corrected chi connectivity index (χ2v) is 7.36. The van der Waals surface area contributed by atoms with Crippen LogP contribution in [0.5, 0.6) is 0 Å². The van der Waals surface area contributed by atoms with Crippen molar-refractivity contribution < 1.29 is 19.4 Å². The van der Waals surface area contributed by atoms with E-state index in [9.17, 15) is 9.90 Å². The monoisotopic (exact) mass is 285 g/mol. The molecule has 1 saturated carbocycles. The van der Waals surface area contributed by atoms with Crippen molar-refractivity contribution in [2.24, 2.45) is 11.8 Å². The Morgan fingerprint density at radius 2 is 2.05 bits per heavy atom. The van der Waals surface area contributed by atoms with Crippen molar-refractivity contribution in [1.29, 1.82) is 0 Å². The summed E-state index contributed by atoms with van der Waals surface area (Å²) in [4.78, 5) is 14.2. The predicted molar refractivity (Wildman–Crippen MR) is 75.2 cm³/mol. The van der Waals surface area contributed by atoms with Gasteiger partial charge in [-0.15, -0.1) is 0 Å². The number of carbonyl (C=O) groups excluding carboxylic acids is 1. The first-order valence-electron chi connectivity index (χ1n) is 7.43. The highest BCUT2D eigenvalue weighted by Crippen LogP contribution is 2.43. The van der Waals surface area contributed by atoms with Crippen molar-refractivity contribution in [3.63, 3.8) is 0 Å². The molecule has 20 heavy (non-hydrogen) atoms. The van der Waals surface area contributed by atoms with Crippen LogP contribution in [0.2, 0.25) is 0 Å². The molecular formula is C15H27NO4. The van der Waals surface area contributed by atoms with Crippen LogP contribution in [0.4, 0.5) is 4.79 Å². The van der Waals surface area contributed by atoms with E-state index in [0.717, 1.165) is 12.8 Å². The van der Waals surface area contributed by atoms with Crippen molar-refractivity contribution in [2.45, 2.75) is 64.8 Å². The largest absolute Gasteiger partial charge is 0.444 e. The number of hydrogen-bond donors (Lipinski definition) is 1. The quantitative estimate of drug-likeness (QED) is 0.865. The molecule has 1 aliphatic carbocycles. The molecule has 5 heteroatoms. The van der Waals surface area contributed by atoms with E-state index >= 15 is 0 Å². The number of ether oxygens (including phenoxy) is 2. The van der Waals surface area contributed by atoms with E-state index in [2.05, 4.69) is 0 Å². The van der Waals surface area contributed by atoms with Crippen LogP contribution in [-0.4, -0.2) is 46.7 Å². The highest BCUT2D eigenvalue weighted by molar-refractivity contribution is 5.69. The summed E-state index contributed by atoms with van der Waals surface area (Å²) in [5.41, 5.74) is -1.22. The zero-order valence-electron chi connectivity index (χ0n) is 13.2. The first-order chi connectivity index (χ1) is 9.15. The Morgan fingerprint density at radius 3 is 2.50 bits per heavy atom. The number of carbonyl (C=O) groups is 1. The third kappa shape index (κ3) is 3.26. The molecule has 1 unspecified atom stereocenters. The fraction of sp³-hybridized carbons (Fsp3) is 0.933. The maximum atomic E-state index is 12.5. The Bertz CT molecular complexity index is 371. The molecular weight excluding hydrogens is 258 g/mol. The molecule has 0 aromatic rings. The van der Waals surface area contributed by atoms with Crippen LogP contribution in [0.25, 0.3) is 0 Å². The number of hydrogen-bond acceptors (Lipinski definition) is 4. The molecule has 116 valence electrons. The van der Waals surface area contributed by atoms with Gasteiger partial charge in [0.2, 0.25) is 0 Å². The van der Waals surface area contributed by atoms with Crippen LogP contribution in [0, 0.1) is 11.8 Å². The van der Waals surface area contributed by atoms with Crippen LogP contribution in [0.15, 0.2) is 0 Å². The number of nitrogens with zero attached hydrogens (tertiary/aromatic N) is 1. The van der Waals surface area contributed by atoms with Crippen LogP contribution < -0.4 is 0 Å². The number of amides is 1. The number of aliphatic hydroxyl groups excluding tert-OH is 1. The highest BCUT2D eigenvalue weighted by Gasteiger charge is 2.51. The zero-order chi connectivity index (χ0) is 15.1. The molecule has 0 radical (unpaired) electrons. The Labute approximate surface area is 121 Å². The standard InChI is InChI=1S/C15H27NO4/c1-14(2,3)20-13(18)16-12(9-19-15(16,4)5)11(8-17)10-6-7-10/h10-12,17H,6-9H2,1-5H3/t11?,12-/m1/s1. The SMILES string of the molecule is CC(C)(C)OC(=O)N1[C@@H](C(CO)C2CC2)COC1(C)C. The van der Waals surface area contributed by atoms with E-state index in [-0.39, 0.29) is 24.7 Å².